The molecule has 1 heterocycles. The summed E-state index contributed by atoms with van der Waals surface area (Å²) >= 11 is 0. The fourth-order valence-electron chi connectivity index (χ4n) is 2.88. The number of aliphatic hydroxyl groups is 3. The standard InChI is InChI=1S/C17H32O7/c1-3-4-5-6-7-8-9-12(10-13(18)19)24-17-16(22)15(21)14(20)11(2)23-17/h11-12,14-17,20-22H,3-10H2,1-2H3,(H,18,19). The quantitative estimate of drug-likeness (QED) is 0.417. The van der Waals surface area contributed by atoms with Gasteiger partial charge in [-0.15, -0.1) is 0 Å². The summed E-state index contributed by atoms with van der Waals surface area (Å²) in [7, 11) is 0. The number of hydrogen-bond acceptors (Lipinski definition) is 6. The summed E-state index contributed by atoms with van der Waals surface area (Å²) in [5, 5.41) is 38.5. The van der Waals surface area contributed by atoms with Crippen molar-refractivity contribution < 1.29 is 34.7 Å². The van der Waals surface area contributed by atoms with Gasteiger partial charge >= 0.3 is 5.97 Å². The lowest BCUT2D eigenvalue weighted by molar-refractivity contribution is -0.304. The Morgan fingerprint density at radius 2 is 1.67 bits per heavy atom. The zero-order valence-electron chi connectivity index (χ0n) is 14.6. The van der Waals surface area contributed by atoms with Crippen LogP contribution in [0.3, 0.4) is 0 Å². The van der Waals surface area contributed by atoms with Crippen LogP contribution in [0.4, 0.5) is 0 Å². The van der Waals surface area contributed by atoms with Crippen molar-refractivity contribution in [3.05, 3.63) is 0 Å². The van der Waals surface area contributed by atoms with Crippen LogP contribution in [0.1, 0.15) is 65.2 Å². The molecule has 7 nitrogen and oxygen atoms in total. The largest absolute Gasteiger partial charge is 0.481 e. The summed E-state index contributed by atoms with van der Waals surface area (Å²) in [5.41, 5.74) is 0. The molecule has 0 bridgehead atoms. The molecule has 0 aromatic rings. The minimum absolute atomic E-state index is 0.186. The average molecular weight is 348 g/mol. The van der Waals surface area contributed by atoms with Crippen LogP contribution in [-0.2, 0) is 14.3 Å². The van der Waals surface area contributed by atoms with Crippen molar-refractivity contribution in [3.63, 3.8) is 0 Å². The highest BCUT2D eigenvalue weighted by molar-refractivity contribution is 5.67. The molecule has 0 amide bonds. The van der Waals surface area contributed by atoms with Crippen molar-refractivity contribution >= 4 is 5.97 Å². The molecule has 142 valence electrons. The third kappa shape index (κ3) is 7.03. The molecule has 1 fully saturated rings. The van der Waals surface area contributed by atoms with Crippen molar-refractivity contribution in [3.8, 4) is 0 Å². The van der Waals surface area contributed by atoms with Gasteiger partial charge in [-0.25, -0.2) is 0 Å². The second-order valence-electron chi connectivity index (χ2n) is 6.59. The topological polar surface area (TPSA) is 116 Å². The van der Waals surface area contributed by atoms with Gasteiger partial charge in [0.15, 0.2) is 6.29 Å². The molecule has 4 N–H and O–H groups in total. The first kappa shape index (κ1) is 21.3. The maximum atomic E-state index is 11.0. The van der Waals surface area contributed by atoms with E-state index in [2.05, 4.69) is 6.92 Å². The van der Waals surface area contributed by atoms with Crippen LogP contribution in [0.5, 0.6) is 0 Å². The number of hydrogen-bond donors (Lipinski definition) is 4. The fourth-order valence-corrected chi connectivity index (χ4v) is 2.88. The van der Waals surface area contributed by atoms with E-state index in [0.29, 0.717) is 6.42 Å². The summed E-state index contributed by atoms with van der Waals surface area (Å²) < 4.78 is 11.0. The first-order chi connectivity index (χ1) is 11.4. The normalized spacial score (nSPS) is 31.8. The van der Waals surface area contributed by atoms with E-state index in [-0.39, 0.29) is 6.42 Å². The second kappa shape index (κ2) is 11.0. The summed E-state index contributed by atoms with van der Waals surface area (Å²) in [6.45, 7) is 3.72. The maximum absolute atomic E-state index is 11.0. The molecule has 0 aliphatic carbocycles. The van der Waals surface area contributed by atoms with Crippen LogP contribution >= 0.6 is 0 Å². The predicted molar refractivity (Wildman–Crippen MR) is 87.5 cm³/mol. The molecule has 7 heteroatoms. The van der Waals surface area contributed by atoms with E-state index in [1.165, 1.54) is 19.3 Å². The number of carbonyl (C=O) groups is 1. The molecule has 0 radical (unpaired) electrons. The van der Waals surface area contributed by atoms with Crippen LogP contribution in [-0.4, -0.2) is 63.2 Å². The lowest BCUT2D eigenvalue weighted by Crippen LogP contribution is -2.58. The first-order valence-corrected chi connectivity index (χ1v) is 8.93. The maximum Gasteiger partial charge on any atom is 0.305 e. The Morgan fingerprint density at radius 1 is 1.04 bits per heavy atom. The lowest BCUT2D eigenvalue weighted by Gasteiger charge is -2.40. The van der Waals surface area contributed by atoms with Gasteiger partial charge in [0.05, 0.1) is 18.6 Å². The Bertz CT molecular complexity index is 363. The Labute approximate surface area is 143 Å². The van der Waals surface area contributed by atoms with Gasteiger partial charge in [0.2, 0.25) is 0 Å². The molecule has 6 atom stereocenters. The van der Waals surface area contributed by atoms with E-state index >= 15 is 0 Å². The predicted octanol–water partition coefficient (Wildman–Crippen LogP) is 1.42. The lowest BCUT2D eigenvalue weighted by atomic mass is 9.99. The molecule has 0 aromatic carbocycles. The number of carboxylic acid groups (broad SMARTS) is 1. The minimum Gasteiger partial charge on any atom is -0.481 e. The number of aliphatic carboxylic acids is 1. The molecule has 1 aliphatic rings. The van der Waals surface area contributed by atoms with Crippen LogP contribution in [0, 0.1) is 0 Å². The third-order valence-corrected chi connectivity index (χ3v) is 4.42. The fraction of sp³-hybridized carbons (Fsp3) is 0.941. The number of unbranched alkanes of at least 4 members (excludes halogenated alkanes) is 5. The summed E-state index contributed by atoms with van der Waals surface area (Å²) in [6, 6.07) is 0. The minimum atomic E-state index is -1.41. The van der Waals surface area contributed by atoms with E-state index < -0.39 is 42.8 Å². The average Bonchev–Trinajstić information content (AvgIpc) is 2.53. The summed E-state index contributed by atoms with van der Waals surface area (Å²) in [4.78, 5) is 11.0. The Morgan fingerprint density at radius 3 is 2.29 bits per heavy atom. The molecular weight excluding hydrogens is 316 g/mol. The Hall–Kier alpha value is -0.730. The Balaban J connectivity index is 2.48. The van der Waals surface area contributed by atoms with Gasteiger partial charge in [-0.1, -0.05) is 45.4 Å². The van der Waals surface area contributed by atoms with Gasteiger partial charge in [0.1, 0.15) is 18.3 Å². The van der Waals surface area contributed by atoms with Crippen molar-refractivity contribution in [2.75, 3.05) is 0 Å². The van der Waals surface area contributed by atoms with E-state index in [0.717, 1.165) is 19.3 Å². The molecule has 6 unspecified atom stereocenters. The van der Waals surface area contributed by atoms with Gasteiger partial charge in [-0.05, 0) is 13.3 Å². The van der Waals surface area contributed by atoms with Crippen LogP contribution in [0.15, 0.2) is 0 Å². The monoisotopic (exact) mass is 348 g/mol. The molecule has 0 aromatic heterocycles. The number of aliphatic hydroxyl groups excluding tert-OH is 3. The van der Waals surface area contributed by atoms with E-state index in [4.69, 9.17) is 14.6 Å². The smallest absolute Gasteiger partial charge is 0.305 e. The molecule has 1 saturated heterocycles. The molecular formula is C17H32O7. The second-order valence-corrected chi connectivity index (χ2v) is 6.59. The number of rotatable bonds is 11. The molecule has 0 spiro atoms. The SMILES string of the molecule is CCCCCCCCC(CC(=O)O)OC1OC(C)C(O)C(O)C1O. The first-order valence-electron chi connectivity index (χ1n) is 8.93. The van der Waals surface area contributed by atoms with Crippen LogP contribution in [0.25, 0.3) is 0 Å². The number of ether oxygens (including phenoxy) is 2. The van der Waals surface area contributed by atoms with Gasteiger partial charge in [-0.2, -0.15) is 0 Å². The Kier molecular flexibility index (Phi) is 9.76. The highest BCUT2D eigenvalue weighted by Gasteiger charge is 2.43. The zero-order valence-corrected chi connectivity index (χ0v) is 14.6. The highest BCUT2D eigenvalue weighted by Crippen LogP contribution is 2.24. The third-order valence-electron chi connectivity index (χ3n) is 4.42. The van der Waals surface area contributed by atoms with Gasteiger partial charge in [0, 0.05) is 0 Å². The highest BCUT2D eigenvalue weighted by atomic mass is 16.7. The summed E-state index contributed by atoms with van der Waals surface area (Å²) in [5.74, 6) is -0.982. The molecule has 0 saturated carbocycles. The van der Waals surface area contributed by atoms with Crippen LogP contribution < -0.4 is 0 Å². The van der Waals surface area contributed by atoms with Gasteiger partial charge in [-0.3, -0.25) is 4.79 Å². The molecule has 1 aliphatic heterocycles. The van der Waals surface area contributed by atoms with E-state index in [9.17, 15) is 20.1 Å². The van der Waals surface area contributed by atoms with Crippen molar-refractivity contribution in [2.45, 2.75) is 102 Å². The van der Waals surface area contributed by atoms with Crippen molar-refractivity contribution in [1.29, 1.82) is 0 Å². The van der Waals surface area contributed by atoms with E-state index in [1.54, 1.807) is 6.92 Å². The van der Waals surface area contributed by atoms with Gasteiger partial charge in [0.25, 0.3) is 0 Å². The summed E-state index contributed by atoms with van der Waals surface area (Å²) in [6.07, 6.45) is 0.461. The number of carboxylic acids is 1. The van der Waals surface area contributed by atoms with Crippen molar-refractivity contribution in [2.24, 2.45) is 0 Å². The van der Waals surface area contributed by atoms with Crippen molar-refractivity contribution in [1.82, 2.24) is 0 Å². The molecule has 24 heavy (non-hydrogen) atoms. The van der Waals surface area contributed by atoms with Crippen LogP contribution in [0.2, 0.25) is 0 Å². The van der Waals surface area contributed by atoms with Gasteiger partial charge < -0.3 is 29.9 Å². The van der Waals surface area contributed by atoms with E-state index in [1.807, 2.05) is 0 Å². The zero-order chi connectivity index (χ0) is 18.1. The molecule has 1 rings (SSSR count).